The molecule has 1 aliphatic heterocycles. The van der Waals surface area contributed by atoms with Gasteiger partial charge in [-0.2, -0.15) is 0 Å². The molecule has 0 aromatic carbocycles. The Kier molecular flexibility index (Phi) is 0.929. The first kappa shape index (κ1) is 4.50. The van der Waals surface area contributed by atoms with Gasteiger partial charge >= 0.3 is 0 Å². The molecule has 0 amide bonds. The van der Waals surface area contributed by atoms with Crippen molar-refractivity contribution in [3.05, 3.63) is 26.1 Å². The first-order valence-corrected chi connectivity index (χ1v) is 2.00. The van der Waals surface area contributed by atoms with Crippen LogP contribution in [0.15, 0.2) is 12.4 Å². The van der Waals surface area contributed by atoms with Gasteiger partial charge < -0.3 is 9.80 Å². The Bertz CT molecular complexity index is 78.1. The van der Waals surface area contributed by atoms with E-state index >= 15 is 0 Å². The molecule has 0 atom stereocenters. The standard InChI is InChI=1S/C5H6N2/c1-6-3-4-7(2)5-6/h1,3-4H,2H3. The maximum atomic E-state index is 5.22. The number of hydrogen-bond acceptors (Lipinski definition) is 2. The fraction of sp³-hybridized carbons (Fsp3) is 0.200. The van der Waals surface area contributed by atoms with Gasteiger partial charge in [-0.15, -0.1) is 0 Å². The van der Waals surface area contributed by atoms with Crippen molar-refractivity contribution in [2.24, 2.45) is 0 Å². The van der Waals surface area contributed by atoms with E-state index in [1.54, 1.807) is 11.1 Å². The third kappa shape index (κ3) is 0.856. The molecule has 0 fully saturated rings. The smallest absolute Gasteiger partial charge is 0.208 e. The van der Waals surface area contributed by atoms with Crippen molar-refractivity contribution in [2.75, 3.05) is 7.05 Å². The molecule has 0 aromatic heterocycles. The summed E-state index contributed by atoms with van der Waals surface area (Å²) < 4.78 is 0. The summed E-state index contributed by atoms with van der Waals surface area (Å²) in [6.45, 7) is 2.75. The summed E-state index contributed by atoms with van der Waals surface area (Å²) in [4.78, 5) is 3.12. The highest BCUT2D eigenvalue weighted by Gasteiger charge is 2.03. The van der Waals surface area contributed by atoms with E-state index in [4.69, 9.17) is 7.05 Å². The van der Waals surface area contributed by atoms with Gasteiger partial charge in [0.2, 0.25) is 6.67 Å². The van der Waals surface area contributed by atoms with Crippen LogP contribution in [0.25, 0.3) is 0 Å². The van der Waals surface area contributed by atoms with Gasteiger partial charge in [0.25, 0.3) is 0 Å². The fourth-order valence-electron chi connectivity index (χ4n) is 0.421. The van der Waals surface area contributed by atoms with Crippen LogP contribution < -0.4 is 0 Å². The normalized spacial score (nSPS) is 19.1. The molecule has 2 nitrogen and oxygen atoms in total. The monoisotopic (exact) mass is 94.1 g/mol. The third-order valence-electron chi connectivity index (χ3n) is 0.724. The molecule has 0 saturated heterocycles. The SMILES string of the molecule is [CH]N1[C]N(C)C=C1. The van der Waals surface area contributed by atoms with Crippen molar-refractivity contribution < 1.29 is 0 Å². The summed E-state index contributed by atoms with van der Waals surface area (Å²) in [5.74, 6) is 0. The Morgan fingerprint density at radius 1 is 1.57 bits per heavy atom. The van der Waals surface area contributed by atoms with E-state index in [1.165, 1.54) is 4.90 Å². The predicted molar refractivity (Wildman–Crippen MR) is 26.3 cm³/mol. The van der Waals surface area contributed by atoms with Crippen LogP contribution in [0.3, 0.4) is 0 Å². The predicted octanol–water partition coefficient (Wildman–Crippen LogP) is 0.370. The summed E-state index contributed by atoms with van der Waals surface area (Å²) in [5.41, 5.74) is 0. The summed E-state index contributed by atoms with van der Waals surface area (Å²) >= 11 is 0. The van der Waals surface area contributed by atoms with E-state index in [2.05, 4.69) is 6.67 Å². The minimum absolute atomic E-state index is 1.38. The molecular weight excluding hydrogens is 88.1 g/mol. The summed E-state index contributed by atoms with van der Waals surface area (Å²) in [6, 6.07) is 0. The lowest BCUT2D eigenvalue weighted by Crippen LogP contribution is -2.08. The van der Waals surface area contributed by atoms with Gasteiger partial charge in [0.05, 0.1) is 7.05 Å². The number of rotatable bonds is 0. The van der Waals surface area contributed by atoms with E-state index in [0.29, 0.717) is 0 Å². The molecular formula is C5H6N2. The van der Waals surface area contributed by atoms with E-state index in [9.17, 15) is 0 Å². The van der Waals surface area contributed by atoms with E-state index in [1.807, 2.05) is 13.2 Å². The molecule has 1 heterocycles. The largest absolute Gasteiger partial charge is 0.349 e. The Hall–Kier alpha value is -0.660. The second-order valence-electron chi connectivity index (χ2n) is 1.42. The molecule has 1 rings (SSSR count). The van der Waals surface area contributed by atoms with Crippen LogP contribution in [-0.2, 0) is 0 Å². The number of nitrogens with zero attached hydrogens (tertiary/aromatic N) is 2. The quantitative estimate of drug-likeness (QED) is 0.428. The molecule has 4 radical (unpaired) electrons. The highest BCUT2D eigenvalue weighted by atomic mass is 15.3. The molecule has 0 saturated carbocycles. The van der Waals surface area contributed by atoms with Crippen molar-refractivity contribution in [1.82, 2.24) is 9.80 Å². The topological polar surface area (TPSA) is 6.48 Å². The van der Waals surface area contributed by atoms with Crippen LogP contribution in [0.1, 0.15) is 0 Å². The zero-order valence-electron chi connectivity index (χ0n) is 4.13. The molecule has 0 aromatic rings. The van der Waals surface area contributed by atoms with Crippen LogP contribution in [0.4, 0.5) is 0 Å². The third-order valence-corrected chi connectivity index (χ3v) is 0.724. The molecule has 1 aliphatic rings. The molecule has 36 valence electrons. The molecule has 7 heavy (non-hydrogen) atoms. The highest BCUT2D eigenvalue weighted by Crippen LogP contribution is 2.04. The summed E-state index contributed by atoms with van der Waals surface area (Å²) in [7, 11) is 7.08. The Morgan fingerprint density at radius 2 is 2.29 bits per heavy atom. The van der Waals surface area contributed by atoms with Crippen molar-refractivity contribution in [3.63, 3.8) is 0 Å². The maximum Gasteiger partial charge on any atom is 0.208 e. The van der Waals surface area contributed by atoms with Gasteiger partial charge in [-0.25, -0.2) is 0 Å². The average molecular weight is 94.1 g/mol. The van der Waals surface area contributed by atoms with Gasteiger partial charge in [-0.3, -0.25) is 0 Å². The molecule has 0 N–H and O–H groups in total. The zero-order valence-corrected chi connectivity index (χ0v) is 4.13. The van der Waals surface area contributed by atoms with Crippen LogP contribution in [0.5, 0.6) is 0 Å². The van der Waals surface area contributed by atoms with Crippen molar-refractivity contribution in [1.29, 1.82) is 0 Å². The Balaban J connectivity index is 2.42. The average Bonchev–Trinajstić information content (AvgIpc) is 1.87. The molecule has 0 aliphatic carbocycles. The zero-order chi connectivity index (χ0) is 5.28. The summed E-state index contributed by atoms with van der Waals surface area (Å²) in [6.07, 6.45) is 3.54. The van der Waals surface area contributed by atoms with Crippen LogP contribution in [0, 0.1) is 13.7 Å². The van der Waals surface area contributed by atoms with Crippen LogP contribution >= 0.6 is 0 Å². The van der Waals surface area contributed by atoms with E-state index < -0.39 is 0 Å². The van der Waals surface area contributed by atoms with Gasteiger partial charge in [0.1, 0.15) is 0 Å². The Labute approximate surface area is 44.0 Å². The lowest BCUT2D eigenvalue weighted by molar-refractivity contribution is 0.457. The first-order chi connectivity index (χ1) is 3.29. The molecule has 0 spiro atoms. The fourth-order valence-corrected chi connectivity index (χ4v) is 0.421. The van der Waals surface area contributed by atoms with Gasteiger partial charge in [-0.1, -0.05) is 0 Å². The second-order valence-corrected chi connectivity index (χ2v) is 1.42. The minimum atomic E-state index is 1.38. The van der Waals surface area contributed by atoms with Crippen molar-refractivity contribution in [2.45, 2.75) is 0 Å². The van der Waals surface area contributed by atoms with E-state index in [-0.39, 0.29) is 0 Å². The highest BCUT2D eigenvalue weighted by molar-refractivity contribution is 4.94. The van der Waals surface area contributed by atoms with Gasteiger partial charge in [0.15, 0.2) is 0 Å². The van der Waals surface area contributed by atoms with Crippen LogP contribution in [0.2, 0.25) is 0 Å². The van der Waals surface area contributed by atoms with Crippen molar-refractivity contribution in [3.8, 4) is 0 Å². The number of hydrogen-bond donors (Lipinski definition) is 0. The lowest BCUT2D eigenvalue weighted by Gasteiger charge is -2.06. The lowest BCUT2D eigenvalue weighted by atomic mass is 10.9. The molecule has 2 heteroatoms. The molecule has 0 unspecified atom stereocenters. The van der Waals surface area contributed by atoms with Gasteiger partial charge in [0, 0.05) is 19.4 Å². The van der Waals surface area contributed by atoms with Crippen LogP contribution in [-0.4, -0.2) is 16.8 Å². The van der Waals surface area contributed by atoms with Crippen molar-refractivity contribution >= 4 is 0 Å². The second kappa shape index (κ2) is 1.45. The molecule has 0 bridgehead atoms. The summed E-state index contributed by atoms with van der Waals surface area (Å²) in [5, 5.41) is 0. The maximum absolute atomic E-state index is 5.22. The van der Waals surface area contributed by atoms with E-state index in [0.717, 1.165) is 0 Å². The van der Waals surface area contributed by atoms with Gasteiger partial charge in [-0.05, 0) is 0 Å². The Morgan fingerprint density at radius 3 is 2.43 bits per heavy atom. The minimum Gasteiger partial charge on any atom is -0.349 e. The first-order valence-electron chi connectivity index (χ1n) is 2.00.